The number of nitrogens with zero attached hydrogens (tertiary/aromatic N) is 4. The van der Waals surface area contributed by atoms with Crippen LogP contribution in [0.1, 0.15) is 22.2 Å². The van der Waals surface area contributed by atoms with Gasteiger partial charge in [-0.15, -0.1) is 11.3 Å². The van der Waals surface area contributed by atoms with Crippen LogP contribution in [0.2, 0.25) is 0 Å². The third-order valence-corrected chi connectivity index (χ3v) is 5.14. The van der Waals surface area contributed by atoms with Crippen LogP contribution in [0.25, 0.3) is 0 Å². The third kappa shape index (κ3) is 5.01. The van der Waals surface area contributed by atoms with Gasteiger partial charge < -0.3 is 15.0 Å². The van der Waals surface area contributed by atoms with E-state index in [1.165, 1.54) is 11.3 Å². The fourth-order valence-electron chi connectivity index (χ4n) is 2.90. The first kappa shape index (κ1) is 19.2. The van der Waals surface area contributed by atoms with Gasteiger partial charge in [-0.25, -0.2) is 14.8 Å². The predicted octanol–water partition coefficient (Wildman–Crippen LogP) is 1.78. The number of hydrogen-bond donors (Lipinski definition) is 1. The van der Waals surface area contributed by atoms with Crippen LogP contribution >= 0.6 is 11.3 Å². The van der Waals surface area contributed by atoms with Crippen molar-refractivity contribution in [2.45, 2.75) is 13.8 Å². The summed E-state index contributed by atoms with van der Waals surface area (Å²) in [6, 6.07) is 3.54. The second-order valence-electron chi connectivity index (χ2n) is 6.18. The van der Waals surface area contributed by atoms with E-state index in [9.17, 15) is 9.59 Å². The number of thiophene rings is 1. The van der Waals surface area contributed by atoms with E-state index in [4.69, 9.17) is 4.74 Å². The molecule has 1 N–H and O–H groups in total. The molecule has 9 heteroatoms. The molecule has 0 bridgehead atoms. The molecule has 0 unspecified atom stereocenters. The lowest BCUT2D eigenvalue weighted by atomic mass is 10.3. The van der Waals surface area contributed by atoms with Crippen molar-refractivity contribution < 1.29 is 14.3 Å². The minimum atomic E-state index is -0.409. The normalized spacial score (nSPS) is 14.8. The van der Waals surface area contributed by atoms with Crippen molar-refractivity contribution >= 4 is 34.2 Å². The Morgan fingerprint density at radius 1 is 1.22 bits per heavy atom. The number of aryl methyl sites for hydroxylation is 1. The number of amides is 1. The van der Waals surface area contributed by atoms with E-state index in [1.54, 1.807) is 31.5 Å². The Bertz CT molecular complexity index is 788. The van der Waals surface area contributed by atoms with Gasteiger partial charge in [0, 0.05) is 43.4 Å². The molecule has 0 atom stereocenters. The smallest absolute Gasteiger partial charge is 0.341 e. The maximum atomic E-state index is 12.4. The quantitative estimate of drug-likeness (QED) is 0.754. The molecule has 2 aromatic rings. The van der Waals surface area contributed by atoms with E-state index < -0.39 is 5.97 Å². The van der Waals surface area contributed by atoms with Crippen LogP contribution in [0, 0.1) is 6.92 Å². The van der Waals surface area contributed by atoms with Crippen LogP contribution in [0.3, 0.4) is 0 Å². The topological polar surface area (TPSA) is 87.7 Å². The highest BCUT2D eigenvalue weighted by atomic mass is 32.1. The summed E-state index contributed by atoms with van der Waals surface area (Å²) in [7, 11) is 0. The highest BCUT2D eigenvalue weighted by Crippen LogP contribution is 2.28. The van der Waals surface area contributed by atoms with Crippen molar-refractivity contribution in [3.8, 4) is 0 Å². The van der Waals surface area contributed by atoms with Crippen LogP contribution < -0.4 is 10.2 Å². The van der Waals surface area contributed by atoms with Gasteiger partial charge in [0.2, 0.25) is 11.9 Å². The molecule has 0 spiro atoms. The number of hydrogen-bond acceptors (Lipinski definition) is 8. The van der Waals surface area contributed by atoms with Gasteiger partial charge in [-0.3, -0.25) is 9.69 Å². The van der Waals surface area contributed by atoms with E-state index >= 15 is 0 Å². The Balaban J connectivity index is 1.53. The number of rotatable bonds is 6. The highest BCUT2D eigenvalue weighted by molar-refractivity contribution is 7.16. The van der Waals surface area contributed by atoms with Gasteiger partial charge in [0.1, 0.15) is 5.00 Å². The van der Waals surface area contributed by atoms with Crippen molar-refractivity contribution in [1.29, 1.82) is 0 Å². The molecule has 144 valence electrons. The first-order chi connectivity index (χ1) is 13.1. The van der Waals surface area contributed by atoms with E-state index in [1.807, 2.05) is 6.92 Å². The number of aromatic nitrogens is 2. The van der Waals surface area contributed by atoms with Gasteiger partial charge >= 0.3 is 5.97 Å². The Labute approximate surface area is 162 Å². The van der Waals surface area contributed by atoms with Crippen LogP contribution in [-0.2, 0) is 9.53 Å². The van der Waals surface area contributed by atoms with Gasteiger partial charge in [-0.05, 0) is 26.0 Å². The number of carbonyl (C=O) groups excluding carboxylic acids is 2. The monoisotopic (exact) mass is 389 g/mol. The molecule has 0 aliphatic carbocycles. The van der Waals surface area contributed by atoms with E-state index in [2.05, 4.69) is 25.1 Å². The van der Waals surface area contributed by atoms with Crippen LogP contribution in [0.4, 0.5) is 10.9 Å². The molecule has 3 rings (SSSR count). The van der Waals surface area contributed by atoms with E-state index in [0.29, 0.717) is 17.2 Å². The number of piperazine rings is 1. The lowest BCUT2D eigenvalue weighted by Gasteiger charge is -2.34. The summed E-state index contributed by atoms with van der Waals surface area (Å²) in [5.74, 6) is 0.176. The summed E-state index contributed by atoms with van der Waals surface area (Å²) in [6.45, 7) is 7.27. The minimum Gasteiger partial charge on any atom is -0.462 e. The summed E-state index contributed by atoms with van der Waals surface area (Å²) in [6.07, 6.45) is 3.46. The Hall–Kier alpha value is -2.52. The summed E-state index contributed by atoms with van der Waals surface area (Å²) in [5.41, 5.74) is 0.416. The highest BCUT2D eigenvalue weighted by Gasteiger charge is 2.22. The fraction of sp³-hybridized carbons (Fsp3) is 0.444. The molecule has 2 aromatic heterocycles. The number of esters is 1. The van der Waals surface area contributed by atoms with E-state index in [-0.39, 0.29) is 12.5 Å². The van der Waals surface area contributed by atoms with Gasteiger partial charge in [0.25, 0.3) is 0 Å². The molecular formula is C18H23N5O3S. The molecule has 0 radical (unpaired) electrons. The maximum Gasteiger partial charge on any atom is 0.341 e. The second kappa shape index (κ2) is 8.92. The molecule has 1 amide bonds. The standard InChI is InChI=1S/C18H23N5O3S/c1-3-26-17(25)14-11-13(2)27-16(14)21-15(24)12-22-7-9-23(10-8-22)18-19-5-4-6-20-18/h4-6,11H,3,7-10,12H2,1-2H3,(H,21,24). The van der Waals surface area contributed by atoms with Gasteiger partial charge in [-0.1, -0.05) is 0 Å². The van der Waals surface area contributed by atoms with Gasteiger partial charge in [0.15, 0.2) is 0 Å². The summed E-state index contributed by atoms with van der Waals surface area (Å²) >= 11 is 1.38. The van der Waals surface area contributed by atoms with Crippen molar-refractivity contribution in [2.75, 3.05) is 49.5 Å². The first-order valence-electron chi connectivity index (χ1n) is 8.88. The molecule has 27 heavy (non-hydrogen) atoms. The second-order valence-corrected chi connectivity index (χ2v) is 7.44. The Kier molecular flexibility index (Phi) is 6.36. The molecule has 1 saturated heterocycles. The number of ether oxygens (including phenoxy) is 1. The third-order valence-electron chi connectivity index (χ3n) is 4.18. The average Bonchev–Trinajstić information content (AvgIpc) is 3.03. The van der Waals surface area contributed by atoms with Crippen LogP contribution in [0.15, 0.2) is 24.5 Å². The summed E-state index contributed by atoms with van der Waals surface area (Å²) in [4.78, 5) is 38.1. The zero-order chi connectivity index (χ0) is 19.2. The molecule has 1 aliphatic rings. The fourth-order valence-corrected chi connectivity index (χ4v) is 3.81. The average molecular weight is 389 g/mol. The van der Waals surface area contributed by atoms with Crippen molar-refractivity contribution in [2.24, 2.45) is 0 Å². The molecule has 0 aromatic carbocycles. The number of nitrogens with one attached hydrogen (secondary N) is 1. The zero-order valence-corrected chi connectivity index (χ0v) is 16.3. The van der Waals surface area contributed by atoms with Crippen molar-refractivity contribution in [1.82, 2.24) is 14.9 Å². The zero-order valence-electron chi connectivity index (χ0n) is 15.5. The summed E-state index contributed by atoms with van der Waals surface area (Å²) < 4.78 is 5.06. The first-order valence-corrected chi connectivity index (χ1v) is 9.70. The van der Waals surface area contributed by atoms with Gasteiger partial charge in [0.05, 0.1) is 18.7 Å². The molecule has 8 nitrogen and oxygen atoms in total. The molecule has 0 saturated carbocycles. The molecule has 1 aliphatic heterocycles. The van der Waals surface area contributed by atoms with Gasteiger partial charge in [-0.2, -0.15) is 0 Å². The van der Waals surface area contributed by atoms with Crippen molar-refractivity contribution in [3.63, 3.8) is 0 Å². The molecule has 3 heterocycles. The molecule has 1 fully saturated rings. The van der Waals surface area contributed by atoms with E-state index in [0.717, 1.165) is 37.0 Å². The lowest BCUT2D eigenvalue weighted by Crippen LogP contribution is -2.49. The summed E-state index contributed by atoms with van der Waals surface area (Å²) in [5, 5.41) is 3.41. The predicted molar refractivity (Wildman–Crippen MR) is 104 cm³/mol. The number of carbonyl (C=O) groups is 2. The Morgan fingerprint density at radius 3 is 2.59 bits per heavy atom. The van der Waals surface area contributed by atoms with Crippen LogP contribution in [-0.4, -0.2) is 66.1 Å². The lowest BCUT2D eigenvalue weighted by molar-refractivity contribution is -0.117. The van der Waals surface area contributed by atoms with Crippen molar-refractivity contribution in [3.05, 3.63) is 35.0 Å². The maximum absolute atomic E-state index is 12.4. The van der Waals surface area contributed by atoms with Crippen LogP contribution in [0.5, 0.6) is 0 Å². The SMILES string of the molecule is CCOC(=O)c1cc(C)sc1NC(=O)CN1CCN(c2ncccn2)CC1. The Morgan fingerprint density at radius 2 is 1.93 bits per heavy atom. The molecular weight excluding hydrogens is 366 g/mol. The largest absolute Gasteiger partial charge is 0.462 e. The number of anilines is 2. The minimum absolute atomic E-state index is 0.133.